The van der Waals surface area contributed by atoms with Crippen molar-refractivity contribution in [1.82, 2.24) is 5.32 Å². The molecule has 0 saturated heterocycles. The minimum atomic E-state index is -4.61. The monoisotopic (exact) mass is 308 g/mol. The molecule has 4 N–H and O–H groups in total. The van der Waals surface area contributed by atoms with Crippen LogP contribution in [-0.4, -0.2) is 23.8 Å². The second-order valence-electron chi connectivity index (χ2n) is 5.21. The van der Waals surface area contributed by atoms with Crippen LogP contribution in [0.2, 0.25) is 0 Å². The molecular weight excluding hydrogens is 288 g/mol. The first kappa shape index (κ1) is 17.9. The van der Waals surface area contributed by atoms with E-state index >= 15 is 0 Å². The van der Waals surface area contributed by atoms with Gasteiger partial charge in [0, 0.05) is 18.6 Å². The first-order chi connectivity index (χ1) is 9.63. The van der Waals surface area contributed by atoms with E-state index in [0.717, 1.165) is 12.1 Å². The normalized spacial score (nSPS) is 16.6. The van der Waals surface area contributed by atoms with E-state index in [1.807, 2.05) is 0 Å². The van der Waals surface area contributed by atoms with Gasteiger partial charge in [-0.25, -0.2) is 4.39 Å². The van der Waals surface area contributed by atoms with Gasteiger partial charge in [-0.05, 0) is 44.0 Å². The molecule has 1 aromatic rings. The topological polar surface area (TPSA) is 58.3 Å². The number of alkyl halides is 3. The molecule has 0 aromatic heterocycles. The summed E-state index contributed by atoms with van der Waals surface area (Å²) in [6.07, 6.45) is -4.75. The standard InChI is InChI=1S/C14H20F4N2O/c1-8(3-9(2)21)20-13(7-19)10-4-11(14(16,17)18)6-12(15)5-10/h4-6,8-9,13,20-21H,3,7,19H2,1-2H3. The number of benzene rings is 1. The average Bonchev–Trinajstić information content (AvgIpc) is 2.33. The van der Waals surface area contributed by atoms with Crippen molar-refractivity contribution in [3.63, 3.8) is 0 Å². The lowest BCUT2D eigenvalue weighted by Gasteiger charge is -2.24. The van der Waals surface area contributed by atoms with Crippen molar-refractivity contribution in [2.75, 3.05) is 6.54 Å². The first-order valence-corrected chi connectivity index (χ1v) is 6.65. The molecule has 0 heterocycles. The lowest BCUT2D eigenvalue weighted by Crippen LogP contribution is -2.36. The molecule has 0 spiro atoms. The maximum atomic E-state index is 13.4. The van der Waals surface area contributed by atoms with Crippen molar-refractivity contribution in [1.29, 1.82) is 0 Å². The van der Waals surface area contributed by atoms with Gasteiger partial charge in [0.05, 0.1) is 11.7 Å². The molecule has 21 heavy (non-hydrogen) atoms. The Hall–Kier alpha value is -1.18. The van der Waals surface area contributed by atoms with E-state index in [4.69, 9.17) is 5.73 Å². The van der Waals surface area contributed by atoms with Crippen LogP contribution in [0, 0.1) is 5.82 Å². The van der Waals surface area contributed by atoms with Crippen LogP contribution in [-0.2, 0) is 6.18 Å². The quantitative estimate of drug-likeness (QED) is 0.708. The molecule has 3 atom stereocenters. The van der Waals surface area contributed by atoms with Crippen molar-refractivity contribution < 1.29 is 22.7 Å². The Morgan fingerprint density at radius 1 is 1.24 bits per heavy atom. The number of rotatable bonds is 6. The van der Waals surface area contributed by atoms with E-state index in [2.05, 4.69) is 5.32 Å². The zero-order valence-corrected chi connectivity index (χ0v) is 11.9. The fraction of sp³-hybridized carbons (Fsp3) is 0.571. The average molecular weight is 308 g/mol. The van der Waals surface area contributed by atoms with Gasteiger partial charge in [0.1, 0.15) is 5.82 Å². The Morgan fingerprint density at radius 2 is 1.86 bits per heavy atom. The SMILES string of the molecule is CC(O)CC(C)NC(CN)c1cc(F)cc(C(F)(F)F)c1. The Kier molecular flexibility index (Phi) is 6.12. The number of nitrogens with two attached hydrogens (primary N) is 1. The fourth-order valence-corrected chi connectivity index (χ4v) is 2.20. The highest BCUT2D eigenvalue weighted by molar-refractivity contribution is 5.29. The Balaban J connectivity index is 2.97. The minimum Gasteiger partial charge on any atom is -0.393 e. The summed E-state index contributed by atoms with van der Waals surface area (Å²) in [4.78, 5) is 0. The van der Waals surface area contributed by atoms with Crippen LogP contribution in [0.3, 0.4) is 0 Å². The highest BCUT2D eigenvalue weighted by Gasteiger charge is 2.32. The molecule has 1 aromatic carbocycles. The third kappa shape index (κ3) is 5.61. The number of nitrogens with one attached hydrogen (secondary N) is 1. The summed E-state index contributed by atoms with van der Waals surface area (Å²) in [7, 11) is 0. The van der Waals surface area contributed by atoms with Gasteiger partial charge in [-0.3, -0.25) is 0 Å². The Morgan fingerprint density at radius 3 is 2.33 bits per heavy atom. The van der Waals surface area contributed by atoms with Crippen LogP contribution in [0.4, 0.5) is 17.6 Å². The first-order valence-electron chi connectivity index (χ1n) is 6.65. The lowest BCUT2D eigenvalue weighted by molar-refractivity contribution is -0.137. The van der Waals surface area contributed by atoms with Gasteiger partial charge in [-0.15, -0.1) is 0 Å². The van der Waals surface area contributed by atoms with Crippen LogP contribution in [0.15, 0.2) is 18.2 Å². The summed E-state index contributed by atoms with van der Waals surface area (Å²) in [5, 5.41) is 12.3. The molecule has 0 aliphatic carbocycles. The highest BCUT2D eigenvalue weighted by atomic mass is 19.4. The summed E-state index contributed by atoms with van der Waals surface area (Å²) in [6.45, 7) is 3.41. The number of hydrogen-bond acceptors (Lipinski definition) is 3. The second-order valence-corrected chi connectivity index (χ2v) is 5.21. The van der Waals surface area contributed by atoms with Crippen molar-refractivity contribution >= 4 is 0 Å². The van der Waals surface area contributed by atoms with Crippen molar-refractivity contribution in [3.05, 3.63) is 35.1 Å². The van der Waals surface area contributed by atoms with E-state index in [0.29, 0.717) is 12.5 Å². The number of halogens is 4. The number of aliphatic hydroxyl groups excluding tert-OH is 1. The van der Waals surface area contributed by atoms with Gasteiger partial charge in [0.15, 0.2) is 0 Å². The zero-order chi connectivity index (χ0) is 16.2. The zero-order valence-electron chi connectivity index (χ0n) is 11.9. The molecule has 0 bridgehead atoms. The van der Waals surface area contributed by atoms with Crippen LogP contribution in [0.1, 0.15) is 37.4 Å². The van der Waals surface area contributed by atoms with E-state index in [1.54, 1.807) is 13.8 Å². The van der Waals surface area contributed by atoms with Gasteiger partial charge in [0.25, 0.3) is 0 Å². The maximum Gasteiger partial charge on any atom is 0.416 e. The molecule has 0 aliphatic heterocycles. The van der Waals surface area contributed by atoms with Crippen LogP contribution in [0.25, 0.3) is 0 Å². The van der Waals surface area contributed by atoms with E-state index < -0.39 is 29.7 Å². The van der Waals surface area contributed by atoms with Crippen LogP contribution < -0.4 is 11.1 Å². The molecule has 7 heteroatoms. The minimum absolute atomic E-state index is 0.0188. The van der Waals surface area contributed by atoms with E-state index in [1.165, 1.54) is 0 Å². The smallest absolute Gasteiger partial charge is 0.393 e. The van der Waals surface area contributed by atoms with E-state index in [-0.39, 0.29) is 18.2 Å². The van der Waals surface area contributed by atoms with E-state index in [9.17, 15) is 22.7 Å². The van der Waals surface area contributed by atoms with Crippen molar-refractivity contribution in [2.45, 2.75) is 44.6 Å². The summed E-state index contributed by atoms with van der Waals surface area (Å²) in [5.41, 5.74) is 4.66. The lowest BCUT2D eigenvalue weighted by atomic mass is 10.0. The molecule has 3 nitrogen and oxygen atoms in total. The van der Waals surface area contributed by atoms with Gasteiger partial charge in [-0.1, -0.05) is 0 Å². The fourth-order valence-electron chi connectivity index (χ4n) is 2.20. The Bertz CT molecular complexity index is 463. The molecule has 0 saturated carbocycles. The second kappa shape index (κ2) is 7.20. The predicted molar refractivity (Wildman–Crippen MR) is 72.1 cm³/mol. The van der Waals surface area contributed by atoms with Gasteiger partial charge in [-0.2, -0.15) is 13.2 Å². The van der Waals surface area contributed by atoms with Gasteiger partial charge < -0.3 is 16.2 Å². The molecule has 0 radical (unpaired) electrons. The third-order valence-electron chi connectivity index (χ3n) is 3.07. The number of aliphatic hydroxyl groups is 1. The van der Waals surface area contributed by atoms with Gasteiger partial charge in [0.2, 0.25) is 0 Å². The largest absolute Gasteiger partial charge is 0.416 e. The molecule has 0 amide bonds. The highest BCUT2D eigenvalue weighted by Crippen LogP contribution is 2.31. The summed E-state index contributed by atoms with van der Waals surface area (Å²) in [6, 6.07) is 1.60. The summed E-state index contributed by atoms with van der Waals surface area (Å²) < 4.78 is 51.5. The molecule has 120 valence electrons. The summed E-state index contributed by atoms with van der Waals surface area (Å²) in [5.74, 6) is -0.955. The molecule has 0 aliphatic rings. The van der Waals surface area contributed by atoms with Crippen molar-refractivity contribution in [3.8, 4) is 0 Å². The molecule has 3 unspecified atom stereocenters. The Labute approximate surface area is 121 Å². The molecule has 1 rings (SSSR count). The maximum absolute atomic E-state index is 13.4. The summed E-state index contributed by atoms with van der Waals surface area (Å²) >= 11 is 0. The third-order valence-corrected chi connectivity index (χ3v) is 3.07. The van der Waals surface area contributed by atoms with Crippen LogP contribution in [0.5, 0.6) is 0 Å². The van der Waals surface area contributed by atoms with Crippen molar-refractivity contribution in [2.24, 2.45) is 5.73 Å². The van der Waals surface area contributed by atoms with Gasteiger partial charge >= 0.3 is 6.18 Å². The number of hydrogen-bond donors (Lipinski definition) is 3. The molecule has 0 fully saturated rings. The van der Waals surface area contributed by atoms with Crippen LogP contribution >= 0.6 is 0 Å². The molecular formula is C14H20F4N2O. The predicted octanol–water partition coefficient (Wildman–Crippen LogP) is 2.59.